The van der Waals surface area contributed by atoms with Crippen molar-refractivity contribution < 1.29 is 4.74 Å². The highest BCUT2D eigenvalue weighted by Gasteiger charge is 2.01. The predicted molar refractivity (Wildman–Crippen MR) is 117 cm³/mol. The summed E-state index contributed by atoms with van der Waals surface area (Å²) >= 11 is 8.92. The molecule has 4 heteroatoms. The molecule has 0 aliphatic rings. The highest BCUT2D eigenvalue weighted by atomic mass is 32.2. The molecule has 0 saturated carbocycles. The van der Waals surface area contributed by atoms with E-state index < -0.39 is 0 Å². The van der Waals surface area contributed by atoms with Crippen molar-refractivity contribution >= 4 is 50.0 Å². The fraction of sp³-hybridized carbons (Fsp3) is 0.190. The molecular formula is C21H20OS3. The molecule has 0 aliphatic heterocycles. The third kappa shape index (κ3) is 6.07. The van der Waals surface area contributed by atoms with Gasteiger partial charge >= 0.3 is 0 Å². The zero-order valence-corrected chi connectivity index (χ0v) is 16.3. The normalized spacial score (nSPS) is 10.7. The van der Waals surface area contributed by atoms with Crippen molar-refractivity contribution in [3.05, 3.63) is 78.4 Å². The molecule has 0 atom stereocenters. The van der Waals surface area contributed by atoms with Crippen LogP contribution in [0.3, 0.4) is 0 Å². The van der Waals surface area contributed by atoms with Crippen molar-refractivity contribution in [3.8, 4) is 5.75 Å². The van der Waals surface area contributed by atoms with Gasteiger partial charge in [-0.2, -0.15) is 0 Å². The molecule has 0 amide bonds. The molecule has 3 rings (SSSR count). The minimum absolute atomic E-state index is 0.720. The van der Waals surface area contributed by atoms with E-state index in [9.17, 15) is 0 Å². The van der Waals surface area contributed by atoms with Gasteiger partial charge in [0.25, 0.3) is 0 Å². The Hall–Kier alpha value is -1.49. The molecular weight excluding hydrogens is 364 g/mol. The Morgan fingerprint density at radius 1 is 0.840 bits per heavy atom. The van der Waals surface area contributed by atoms with E-state index in [1.165, 1.54) is 16.3 Å². The second kappa shape index (κ2) is 9.85. The average molecular weight is 385 g/mol. The Morgan fingerprint density at radius 2 is 1.60 bits per heavy atom. The van der Waals surface area contributed by atoms with Gasteiger partial charge in [0.15, 0.2) is 0 Å². The van der Waals surface area contributed by atoms with Gasteiger partial charge in [-0.1, -0.05) is 72.9 Å². The first kappa shape index (κ1) is 18.3. The summed E-state index contributed by atoms with van der Waals surface area (Å²) in [6, 6.07) is 25.0. The summed E-state index contributed by atoms with van der Waals surface area (Å²) in [6.07, 6.45) is 0.990. The SMILES string of the molecule is S=C(SCCCOc1ccc2ccccc2c1)SCc1ccccc1. The van der Waals surface area contributed by atoms with Crippen molar-refractivity contribution in [1.29, 1.82) is 0 Å². The van der Waals surface area contributed by atoms with Crippen molar-refractivity contribution in [2.75, 3.05) is 12.4 Å². The largest absolute Gasteiger partial charge is 0.494 e. The number of hydrogen-bond donors (Lipinski definition) is 0. The van der Waals surface area contributed by atoms with Crippen LogP contribution >= 0.6 is 35.7 Å². The average Bonchev–Trinajstić information content (AvgIpc) is 2.67. The zero-order valence-electron chi connectivity index (χ0n) is 13.9. The Bertz CT molecular complexity index is 817. The maximum atomic E-state index is 5.86. The summed E-state index contributed by atoms with van der Waals surface area (Å²) in [5.41, 5.74) is 1.31. The van der Waals surface area contributed by atoms with Gasteiger partial charge in [-0.15, -0.1) is 23.5 Å². The van der Waals surface area contributed by atoms with Gasteiger partial charge in [0, 0.05) is 11.5 Å². The third-order valence-electron chi connectivity index (χ3n) is 3.70. The van der Waals surface area contributed by atoms with Crippen LogP contribution in [0.4, 0.5) is 0 Å². The maximum Gasteiger partial charge on any atom is 0.119 e. The first-order valence-corrected chi connectivity index (χ1v) is 10.6. The Balaban J connectivity index is 1.33. The minimum Gasteiger partial charge on any atom is -0.494 e. The summed E-state index contributed by atoms with van der Waals surface area (Å²) in [5.74, 6) is 2.87. The molecule has 0 N–H and O–H groups in total. The molecule has 25 heavy (non-hydrogen) atoms. The van der Waals surface area contributed by atoms with Crippen LogP contribution in [0.15, 0.2) is 72.8 Å². The lowest BCUT2D eigenvalue weighted by Gasteiger charge is -2.08. The maximum absolute atomic E-state index is 5.86. The Kier molecular flexibility index (Phi) is 7.22. The first-order chi connectivity index (χ1) is 12.3. The number of thioether (sulfide) groups is 2. The molecule has 0 bridgehead atoms. The summed E-state index contributed by atoms with van der Waals surface area (Å²) < 4.78 is 6.87. The van der Waals surface area contributed by atoms with Gasteiger partial charge in [-0.3, -0.25) is 0 Å². The lowest BCUT2D eigenvalue weighted by Crippen LogP contribution is -1.99. The van der Waals surface area contributed by atoms with E-state index in [1.54, 1.807) is 23.5 Å². The fourth-order valence-electron chi connectivity index (χ4n) is 2.42. The smallest absolute Gasteiger partial charge is 0.119 e. The van der Waals surface area contributed by atoms with Crippen LogP contribution in [0.25, 0.3) is 10.8 Å². The van der Waals surface area contributed by atoms with Crippen LogP contribution in [0.5, 0.6) is 5.75 Å². The third-order valence-corrected chi connectivity index (χ3v) is 6.55. The molecule has 0 aliphatic carbocycles. The minimum atomic E-state index is 0.720. The van der Waals surface area contributed by atoms with Crippen LogP contribution in [-0.2, 0) is 5.75 Å². The summed E-state index contributed by atoms with van der Waals surface area (Å²) in [7, 11) is 0. The van der Waals surface area contributed by atoms with Gasteiger partial charge in [0.05, 0.1) is 6.61 Å². The van der Waals surface area contributed by atoms with Gasteiger partial charge in [0.1, 0.15) is 9.28 Å². The molecule has 3 aromatic carbocycles. The van der Waals surface area contributed by atoms with Gasteiger partial charge < -0.3 is 4.74 Å². The van der Waals surface area contributed by atoms with Crippen LogP contribution < -0.4 is 4.74 Å². The molecule has 0 spiro atoms. The van der Waals surface area contributed by atoms with Gasteiger partial charge in [0.2, 0.25) is 0 Å². The summed E-state index contributed by atoms with van der Waals surface area (Å²) in [4.78, 5) is 0. The van der Waals surface area contributed by atoms with Gasteiger partial charge in [-0.05, 0) is 34.9 Å². The summed E-state index contributed by atoms with van der Waals surface area (Å²) in [5, 5.41) is 2.46. The first-order valence-electron chi connectivity index (χ1n) is 8.26. The number of ether oxygens (including phenoxy) is 1. The Morgan fingerprint density at radius 3 is 2.44 bits per heavy atom. The van der Waals surface area contributed by atoms with Crippen molar-refractivity contribution in [3.63, 3.8) is 0 Å². The molecule has 0 radical (unpaired) electrons. The second-order valence-corrected chi connectivity index (χ2v) is 8.86. The fourth-order valence-corrected chi connectivity index (χ4v) is 4.51. The van der Waals surface area contributed by atoms with Crippen molar-refractivity contribution in [2.24, 2.45) is 0 Å². The molecule has 0 unspecified atom stereocenters. The van der Waals surface area contributed by atoms with E-state index in [0.29, 0.717) is 0 Å². The molecule has 128 valence electrons. The predicted octanol–water partition coefficient (Wildman–Crippen LogP) is 6.56. The Labute approximate surface area is 163 Å². The van der Waals surface area contributed by atoms with Crippen molar-refractivity contribution in [2.45, 2.75) is 12.2 Å². The van der Waals surface area contributed by atoms with E-state index in [1.807, 2.05) is 12.1 Å². The van der Waals surface area contributed by atoms with Gasteiger partial charge in [-0.25, -0.2) is 0 Å². The van der Waals surface area contributed by atoms with E-state index >= 15 is 0 Å². The molecule has 3 aromatic rings. The lowest BCUT2D eigenvalue weighted by molar-refractivity contribution is 0.319. The number of benzene rings is 3. The topological polar surface area (TPSA) is 9.23 Å². The summed E-state index contributed by atoms with van der Waals surface area (Å²) in [6.45, 7) is 0.720. The van der Waals surface area contributed by atoms with Crippen LogP contribution in [0.2, 0.25) is 0 Å². The van der Waals surface area contributed by atoms with E-state index in [-0.39, 0.29) is 0 Å². The quantitative estimate of drug-likeness (QED) is 0.337. The highest BCUT2D eigenvalue weighted by molar-refractivity contribution is 8.46. The monoisotopic (exact) mass is 384 g/mol. The molecule has 0 fully saturated rings. The number of fused-ring (bicyclic) bond motifs is 1. The van der Waals surface area contributed by atoms with E-state index in [0.717, 1.165) is 33.8 Å². The standard InChI is InChI=1S/C21H20OS3/c23-21(25-16-17-7-2-1-3-8-17)24-14-6-13-22-20-12-11-18-9-4-5-10-19(18)15-20/h1-5,7-12,15H,6,13-14,16H2. The number of rotatable bonds is 7. The van der Waals surface area contributed by atoms with Crippen molar-refractivity contribution in [1.82, 2.24) is 0 Å². The molecule has 0 aromatic heterocycles. The van der Waals surface area contributed by atoms with Crippen LogP contribution in [-0.4, -0.2) is 15.9 Å². The number of hydrogen-bond acceptors (Lipinski definition) is 4. The van der Waals surface area contributed by atoms with Crippen LogP contribution in [0.1, 0.15) is 12.0 Å². The molecule has 0 saturated heterocycles. The van der Waals surface area contributed by atoms with Crippen LogP contribution in [0, 0.1) is 0 Å². The van der Waals surface area contributed by atoms with E-state index in [2.05, 4.69) is 60.7 Å². The molecule has 0 heterocycles. The number of thiocarbonyl (C=S) groups is 1. The second-order valence-electron chi connectivity index (χ2n) is 5.58. The lowest BCUT2D eigenvalue weighted by atomic mass is 10.1. The molecule has 1 nitrogen and oxygen atoms in total. The zero-order chi connectivity index (χ0) is 17.3. The highest BCUT2D eigenvalue weighted by Crippen LogP contribution is 2.23. The van der Waals surface area contributed by atoms with E-state index in [4.69, 9.17) is 17.0 Å².